The van der Waals surface area contributed by atoms with Gasteiger partial charge in [-0.25, -0.2) is 4.39 Å². The third kappa shape index (κ3) is 5.62. The highest BCUT2D eigenvalue weighted by Crippen LogP contribution is 2.34. The molecule has 2 heterocycles. The van der Waals surface area contributed by atoms with Crippen molar-refractivity contribution in [3.8, 4) is 11.5 Å². The van der Waals surface area contributed by atoms with E-state index in [9.17, 15) is 9.00 Å². The molecule has 4 rings (SSSR count). The minimum absolute atomic E-state index is 0.00309. The van der Waals surface area contributed by atoms with Crippen LogP contribution in [0.25, 0.3) is 10.9 Å². The van der Waals surface area contributed by atoms with Crippen molar-refractivity contribution >= 4 is 33.3 Å². The van der Waals surface area contributed by atoms with Crippen molar-refractivity contribution in [2.75, 3.05) is 11.1 Å². The standard InChI is InChI=1S/C27H29FN4O3S/c1-6-36(34)20-7-8-23-21(14-20)24(9-10-29-23)35-26-17(2)11-18(12-22(26)28)13-25(33)31-19-15-30-32(16-19)27(3,4)5/h7-12,14-16H,6,13H2,1-5H3,(H,31,33). The number of rotatable bonds is 7. The van der Waals surface area contributed by atoms with Crippen molar-refractivity contribution in [1.82, 2.24) is 14.8 Å². The molecule has 188 valence electrons. The molecule has 0 radical (unpaired) electrons. The van der Waals surface area contributed by atoms with E-state index in [0.29, 0.717) is 44.1 Å². The van der Waals surface area contributed by atoms with E-state index in [0.717, 1.165) is 0 Å². The van der Waals surface area contributed by atoms with Crippen molar-refractivity contribution in [3.63, 3.8) is 0 Å². The summed E-state index contributed by atoms with van der Waals surface area (Å²) in [6.07, 6.45) is 4.94. The Labute approximate surface area is 212 Å². The molecule has 0 fully saturated rings. The molecule has 0 aliphatic heterocycles. The minimum atomic E-state index is -1.14. The van der Waals surface area contributed by atoms with Gasteiger partial charge in [0.2, 0.25) is 5.91 Å². The van der Waals surface area contributed by atoms with Crippen molar-refractivity contribution < 1.29 is 18.1 Å². The van der Waals surface area contributed by atoms with Gasteiger partial charge in [-0.15, -0.1) is 0 Å². The lowest BCUT2D eigenvalue weighted by Gasteiger charge is -2.18. The van der Waals surface area contributed by atoms with Gasteiger partial charge in [0, 0.05) is 28.4 Å². The Kier molecular flexibility index (Phi) is 7.21. The van der Waals surface area contributed by atoms with Gasteiger partial charge < -0.3 is 10.1 Å². The Morgan fingerprint density at radius 1 is 1.19 bits per heavy atom. The van der Waals surface area contributed by atoms with Crippen LogP contribution in [0.1, 0.15) is 38.8 Å². The molecule has 36 heavy (non-hydrogen) atoms. The molecule has 1 amide bonds. The highest BCUT2D eigenvalue weighted by molar-refractivity contribution is 7.85. The first-order valence-electron chi connectivity index (χ1n) is 11.6. The summed E-state index contributed by atoms with van der Waals surface area (Å²) in [5, 5.41) is 7.73. The Balaban J connectivity index is 1.54. The number of aromatic nitrogens is 3. The number of aryl methyl sites for hydroxylation is 1. The average Bonchev–Trinajstić information content (AvgIpc) is 3.29. The number of fused-ring (bicyclic) bond motifs is 1. The molecule has 0 saturated heterocycles. The van der Waals surface area contributed by atoms with Crippen LogP contribution in [0, 0.1) is 12.7 Å². The summed E-state index contributed by atoms with van der Waals surface area (Å²) in [5.41, 5.74) is 2.12. The van der Waals surface area contributed by atoms with Gasteiger partial charge in [-0.05, 0) is 69.2 Å². The van der Waals surface area contributed by atoms with Crippen LogP contribution in [0.15, 0.2) is 59.9 Å². The van der Waals surface area contributed by atoms with Crippen LogP contribution in [-0.2, 0) is 27.6 Å². The van der Waals surface area contributed by atoms with Gasteiger partial charge in [0.1, 0.15) is 5.75 Å². The predicted molar refractivity (Wildman–Crippen MR) is 139 cm³/mol. The van der Waals surface area contributed by atoms with E-state index in [1.165, 1.54) is 6.07 Å². The van der Waals surface area contributed by atoms with Crippen molar-refractivity contribution in [2.24, 2.45) is 0 Å². The van der Waals surface area contributed by atoms with E-state index in [1.807, 2.05) is 27.7 Å². The molecule has 1 atom stereocenters. The molecular weight excluding hydrogens is 479 g/mol. The molecule has 0 bridgehead atoms. The lowest BCUT2D eigenvalue weighted by Crippen LogP contribution is -2.22. The third-order valence-electron chi connectivity index (χ3n) is 5.62. The molecule has 0 aliphatic carbocycles. The number of hydrogen-bond acceptors (Lipinski definition) is 5. The van der Waals surface area contributed by atoms with Gasteiger partial charge in [0.05, 0.1) is 40.2 Å². The van der Waals surface area contributed by atoms with E-state index in [1.54, 1.807) is 60.5 Å². The summed E-state index contributed by atoms with van der Waals surface area (Å²) in [5.74, 6) is 0.131. The van der Waals surface area contributed by atoms with Crippen LogP contribution >= 0.6 is 0 Å². The number of halogens is 1. The second-order valence-electron chi connectivity index (χ2n) is 9.52. The van der Waals surface area contributed by atoms with Gasteiger partial charge >= 0.3 is 0 Å². The second-order valence-corrected chi connectivity index (χ2v) is 11.3. The molecule has 0 spiro atoms. The number of benzene rings is 2. The number of ether oxygens (including phenoxy) is 1. The zero-order chi connectivity index (χ0) is 26.0. The monoisotopic (exact) mass is 508 g/mol. The molecule has 4 aromatic rings. The van der Waals surface area contributed by atoms with E-state index >= 15 is 4.39 Å². The van der Waals surface area contributed by atoms with Gasteiger partial charge in [-0.3, -0.25) is 18.7 Å². The number of carbonyl (C=O) groups is 1. The van der Waals surface area contributed by atoms with Crippen LogP contribution in [0.3, 0.4) is 0 Å². The van der Waals surface area contributed by atoms with Crippen molar-refractivity contribution in [3.05, 3.63) is 71.9 Å². The normalized spacial score (nSPS) is 12.5. The highest BCUT2D eigenvalue weighted by Gasteiger charge is 2.17. The SMILES string of the molecule is CCS(=O)c1ccc2nccc(Oc3c(C)cc(CC(=O)Nc4cnn(C(C)(C)C)c4)cc3F)c2c1. The Bertz CT molecular complexity index is 1440. The number of amides is 1. The average molecular weight is 509 g/mol. The highest BCUT2D eigenvalue weighted by atomic mass is 32.2. The lowest BCUT2D eigenvalue weighted by molar-refractivity contribution is -0.115. The maximum Gasteiger partial charge on any atom is 0.228 e. The fourth-order valence-electron chi connectivity index (χ4n) is 3.79. The number of nitrogens with one attached hydrogen (secondary N) is 1. The van der Waals surface area contributed by atoms with Crippen LogP contribution in [0.4, 0.5) is 10.1 Å². The van der Waals surface area contributed by atoms with E-state index in [2.05, 4.69) is 15.4 Å². The van der Waals surface area contributed by atoms with Gasteiger partial charge in [0.25, 0.3) is 0 Å². The summed E-state index contributed by atoms with van der Waals surface area (Å²) >= 11 is 0. The number of hydrogen-bond donors (Lipinski definition) is 1. The van der Waals surface area contributed by atoms with E-state index in [-0.39, 0.29) is 23.6 Å². The summed E-state index contributed by atoms with van der Waals surface area (Å²) in [4.78, 5) is 17.6. The second kappa shape index (κ2) is 10.2. The summed E-state index contributed by atoms with van der Waals surface area (Å²) in [6.45, 7) is 9.62. The summed E-state index contributed by atoms with van der Waals surface area (Å²) < 4.78 is 35.2. The molecule has 0 aliphatic rings. The number of carbonyl (C=O) groups excluding carboxylic acids is 1. The molecule has 2 aromatic heterocycles. The topological polar surface area (TPSA) is 86.1 Å². The van der Waals surface area contributed by atoms with Gasteiger partial charge in [-0.1, -0.05) is 13.0 Å². The predicted octanol–water partition coefficient (Wildman–Crippen LogP) is 5.73. The largest absolute Gasteiger partial charge is 0.453 e. The number of anilines is 1. The van der Waals surface area contributed by atoms with Crippen molar-refractivity contribution in [1.29, 1.82) is 0 Å². The maximum absolute atomic E-state index is 15.1. The molecule has 2 aromatic carbocycles. The molecular formula is C27H29FN4O3S. The van der Waals surface area contributed by atoms with Gasteiger partial charge in [0.15, 0.2) is 11.6 Å². The van der Waals surface area contributed by atoms with E-state index in [4.69, 9.17) is 4.74 Å². The fraction of sp³-hybridized carbons (Fsp3) is 0.296. The quantitative estimate of drug-likeness (QED) is 0.344. The molecule has 1 N–H and O–H groups in total. The third-order valence-corrected chi connectivity index (χ3v) is 6.92. The van der Waals surface area contributed by atoms with E-state index < -0.39 is 16.6 Å². The van der Waals surface area contributed by atoms with Crippen LogP contribution in [0.2, 0.25) is 0 Å². The Hall–Kier alpha value is -3.59. The van der Waals surface area contributed by atoms with Crippen LogP contribution in [-0.4, -0.2) is 30.6 Å². The molecule has 9 heteroatoms. The molecule has 0 saturated carbocycles. The van der Waals surface area contributed by atoms with Gasteiger partial charge in [-0.2, -0.15) is 5.10 Å². The first-order valence-corrected chi connectivity index (χ1v) is 13.0. The minimum Gasteiger partial charge on any atom is -0.453 e. The maximum atomic E-state index is 15.1. The first-order chi connectivity index (χ1) is 17.0. The van der Waals surface area contributed by atoms with Crippen LogP contribution in [0.5, 0.6) is 11.5 Å². The molecule has 7 nitrogen and oxygen atoms in total. The fourth-order valence-corrected chi connectivity index (χ4v) is 4.59. The zero-order valence-electron chi connectivity index (χ0n) is 21.0. The summed E-state index contributed by atoms with van der Waals surface area (Å²) in [6, 6.07) is 10.0. The number of pyridine rings is 1. The zero-order valence-corrected chi connectivity index (χ0v) is 21.8. The molecule has 1 unspecified atom stereocenters. The number of nitrogens with zero attached hydrogens (tertiary/aromatic N) is 3. The smallest absolute Gasteiger partial charge is 0.228 e. The Morgan fingerprint density at radius 2 is 1.97 bits per heavy atom. The van der Waals surface area contributed by atoms with Crippen LogP contribution < -0.4 is 10.1 Å². The lowest BCUT2D eigenvalue weighted by atomic mass is 10.1. The Morgan fingerprint density at radius 3 is 2.64 bits per heavy atom. The first kappa shape index (κ1) is 25.5. The summed E-state index contributed by atoms with van der Waals surface area (Å²) in [7, 11) is -1.14. The van der Waals surface area contributed by atoms with Crippen molar-refractivity contribution in [2.45, 2.75) is 51.5 Å².